The van der Waals surface area contributed by atoms with Crippen molar-refractivity contribution in [3.8, 4) is 0 Å². The van der Waals surface area contributed by atoms with Crippen LogP contribution >= 0.6 is 0 Å². The van der Waals surface area contributed by atoms with E-state index < -0.39 is 0 Å². The highest BCUT2D eigenvalue weighted by atomic mass is 16.1. The molecule has 3 nitrogen and oxygen atoms in total. The van der Waals surface area contributed by atoms with Crippen molar-refractivity contribution in [3.63, 3.8) is 0 Å². The molecule has 3 aromatic rings. The molecule has 0 saturated carbocycles. The van der Waals surface area contributed by atoms with Gasteiger partial charge in [-0.25, -0.2) is 0 Å². The van der Waals surface area contributed by atoms with Crippen LogP contribution in [0.1, 0.15) is 15.9 Å². The monoisotopic (exact) mass is 328 g/mol. The number of Topliss-reactive ketones (excluding diaryl/α,β-unsaturated/α-hetero) is 1. The molecule has 25 heavy (non-hydrogen) atoms. The molecule has 124 valence electrons. The number of hydrogen-bond acceptors (Lipinski definition) is 3. The molecule has 0 aliphatic carbocycles. The van der Waals surface area contributed by atoms with Crippen LogP contribution in [-0.4, -0.2) is 28.8 Å². The minimum absolute atomic E-state index is 0.150. The van der Waals surface area contributed by atoms with Crippen LogP contribution in [-0.2, 0) is 6.54 Å². The van der Waals surface area contributed by atoms with Gasteiger partial charge in [-0.05, 0) is 22.4 Å². The molecule has 0 amide bonds. The van der Waals surface area contributed by atoms with E-state index in [1.54, 1.807) is 0 Å². The first kappa shape index (κ1) is 15.5. The molecule has 0 atom stereocenters. The Labute approximate surface area is 147 Å². The van der Waals surface area contributed by atoms with Crippen LogP contribution in [0, 0.1) is 0 Å². The highest BCUT2D eigenvalue weighted by Crippen LogP contribution is 2.17. The van der Waals surface area contributed by atoms with E-state index in [4.69, 9.17) is 0 Å². The van der Waals surface area contributed by atoms with E-state index >= 15 is 0 Å². The first-order valence-electron chi connectivity index (χ1n) is 8.50. The molecule has 0 radical (unpaired) electrons. The molecule has 1 heterocycles. The lowest BCUT2D eigenvalue weighted by atomic mass is 10.0. The summed E-state index contributed by atoms with van der Waals surface area (Å²) in [6.45, 7) is 2.01. The molecule has 4 rings (SSSR count). The van der Waals surface area contributed by atoms with Crippen molar-refractivity contribution in [1.82, 2.24) is 9.80 Å². The van der Waals surface area contributed by atoms with Gasteiger partial charge in [0.25, 0.3) is 0 Å². The van der Waals surface area contributed by atoms with Gasteiger partial charge < -0.3 is 9.80 Å². The van der Waals surface area contributed by atoms with E-state index in [1.807, 2.05) is 48.7 Å². The zero-order valence-electron chi connectivity index (χ0n) is 14.0. The van der Waals surface area contributed by atoms with Gasteiger partial charge >= 0.3 is 0 Å². The molecule has 0 unspecified atom stereocenters. The minimum Gasteiger partial charge on any atom is -0.354 e. The van der Waals surface area contributed by atoms with E-state index in [1.165, 1.54) is 5.56 Å². The van der Waals surface area contributed by atoms with E-state index in [0.29, 0.717) is 6.54 Å². The second-order valence-corrected chi connectivity index (χ2v) is 6.40. The molecular weight excluding hydrogens is 308 g/mol. The molecule has 0 N–H and O–H groups in total. The predicted octanol–water partition coefficient (Wildman–Crippen LogP) is 4.27. The minimum atomic E-state index is 0.150. The average Bonchev–Trinajstić information content (AvgIpc) is 3.09. The Morgan fingerprint density at radius 2 is 1.52 bits per heavy atom. The van der Waals surface area contributed by atoms with E-state index in [2.05, 4.69) is 46.3 Å². The predicted molar refractivity (Wildman–Crippen MR) is 101 cm³/mol. The van der Waals surface area contributed by atoms with Crippen LogP contribution in [0.4, 0.5) is 0 Å². The summed E-state index contributed by atoms with van der Waals surface area (Å²) >= 11 is 0. The maximum Gasteiger partial charge on any atom is 0.182 e. The summed E-state index contributed by atoms with van der Waals surface area (Å²) in [5.74, 6) is 0.150. The first-order chi connectivity index (χ1) is 12.3. The lowest BCUT2D eigenvalue weighted by Crippen LogP contribution is -2.29. The zero-order valence-corrected chi connectivity index (χ0v) is 14.0. The van der Waals surface area contributed by atoms with Gasteiger partial charge in [0.1, 0.15) is 0 Å². The fraction of sp³-hybridized carbons (Fsp3) is 0.136. The molecule has 0 fully saturated rings. The van der Waals surface area contributed by atoms with Crippen LogP contribution in [0.5, 0.6) is 0 Å². The number of fused-ring (bicyclic) bond motifs is 1. The largest absolute Gasteiger partial charge is 0.354 e. The van der Waals surface area contributed by atoms with Crippen molar-refractivity contribution in [2.45, 2.75) is 6.54 Å². The fourth-order valence-corrected chi connectivity index (χ4v) is 3.18. The summed E-state index contributed by atoms with van der Waals surface area (Å²) in [5.41, 5.74) is 2.04. The van der Waals surface area contributed by atoms with E-state index in [-0.39, 0.29) is 5.78 Å². The summed E-state index contributed by atoms with van der Waals surface area (Å²) in [6.07, 6.45) is 4.06. The average molecular weight is 328 g/mol. The lowest BCUT2D eigenvalue weighted by Gasteiger charge is -2.21. The summed E-state index contributed by atoms with van der Waals surface area (Å²) in [5, 5.41) is 2.27. The van der Waals surface area contributed by atoms with Crippen LogP contribution in [0.3, 0.4) is 0 Å². The number of hydrogen-bond donors (Lipinski definition) is 0. The summed E-state index contributed by atoms with van der Waals surface area (Å²) < 4.78 is 0. The van der Waals surface area contributed by atoms with E-state index in [0.717, 1.165) is 29.5 Å². The van der Waals surface area contributed by atoms with Crippen molar-refractivity contribution in [2.24, 2.45) is 0 Å². The maximum atomic E-state index is 12.6. The van der Waals surface area contributed by atoms with Gasteiger partial charge in [0, 0.05) is 24.5 Å². The first-order valence-corrected chi connectivity index (χ1v) is 8.50. The van der Waals surface area contributed by atoms with Crippen molar-refractivity contribution in [3.05, 3.63) is 96.3 Å². The lowest BCUT2D eigenvalue weighted by molar-refractivity contribution is 0.0944. The number of carbonyl (C=O) groups excluding carboxylic acids is 1. The third kappa shape index (κ3) is 3.56. The maximum absolute atomic E-state index is 12.6. The molecule has 3 heteroatoms. The van der Waals surface area contributed by atoms with Crippen LogP contribution in [0.15, 0.2) is 85.2 Å². The highest BCUT2D eigenvalue weighted by Gasteiger charge is 2.16. The molecule has 0 aromatic heterocycles. The number of benzene rings is 3. The summed E-state index contributed by atoms with van der Waals surface area (Å²) in [4.78, 5) is 16.9. The van der Waals surface area contributed by atoms with Gasteiger partial charge in [0.15, 0.2) is 5.78 Å². The van der Waals surface area contributed by atoms with Crippen LogP contribution in [0.2, 0.25) is 0 Å². The van der Waals surface area contributed by atoms with Crippen molar-refractivity contribution >= 4 is 16.6 Å². The van der Waals surface area contributed by atoms with Gasteiger partial charge in [0.05, 0.1) is 13.2 Å². The molecule has 0 bridgehead atoms. The van der Waals surface area contributed by atoms with Crippen LogP contribution < -0.4 is 0 Å². The molecular formula is C22H20N2O. The number of rotatable bonds is 5. The third-order valence-corrected chi connectivity index (χ3v) is 4.50. The van der Waals surface area contributed by atoms with E-state index in [9.17, 15) is 4.79 Å². The molecule has 1 aliphatic heterocycles. The number of carbonyl (C=O) groups is 1. The van der Waals surface area contributed by atoms with Crippen molar-refractivity contribution < 1.29 is 4.79 Å². The second kappa shape index (κ2) is 6.81. The zero-order chi connectivity index (χ0) is 17.1. The smallest absolute Gasteiger partial charge is 0.182 e. The Balaban J connectivity index is 1.39. The molecule has 0 saturated heterocycles. The van der Waals surface area contributed by atoms with Crippen molar-refractivity contribution in [2.75, 3.05) is 13.2 Å². The topological polar surface area (TPSA) is 23.6 Å². The van der Waals surface area contributed by atoms with Crippen LogP contribution in [0.25, 0.3) is 10.8 Å². The Kier molecular flexibility index (Phi) is 4.21. The summed E-state index contributed by atoms with van der Waals surface area (Å²) in [7, 11) is 0. The Morgan fingerprint density at radius 1 is 0.800 bits per heavy atom. The Bertz CT molecular complexity index is 917. The number of nitrogens with zero attached hydrogens (tertiary/aromatic N) is 2. The summed E-state index contributed by atoms with van der Waals surface area (Å²) in [6, 6.07) is 24.4. The highest BCUT2D eigenvalue weighted by molar-refractivity contribution is 6.01. The van der Waals surface area contributed by atoms with Gasteiger partial charge in [0.2, 0.25) is 0 Å². The normalized spacial score (nSPS) is 13.6. The second-order valence-electron chi connectivity index (χ2n) is 6.40. The Hall–Kier alpha value is -3.07. The van der Waals surface area contributed by atoms with Gasteiger partial charge in [-0.2, -0.15) is 0 Å². The molecule has 1 aliphatic rings. The van der Waals surface area contributed by atoms with Crippen molar-refractivity contribution in [1.29, 1.82) is 0 Å². The van der Waals surface area contributed by atoms with Gasteiger partial charge in [-0.3, -0.25) is 4.79 Å². The quantitative estimate of drug-likeness (QED) is 0.654. The van der Waals surface area contributed by atoms with Gasteiger partial charge in [-0.15, -0.1) is 0 Å². The molecule has 0 spiro atoms. The number of ketones is 1. The SMILES string of the molecule is O=C(CN1C=CN(Cc2ccccc2)C1)c1ccc2ccccc2c1. The standard InChI is InChI=1S/C22H20N2O/c25-22(21-11-10-19-8-4-5-9-20(19)14-21)16-24-13-12-23(17-24)15-18-6-2-1-3-7-18/h1-14H,15-17H2. The Morgan fingerprint density at radius 3 is 2.36 bits per heavy atom. The molecule has 3 aromatic carbocycles. The third-order valence-electron chi connectivity index (χ3n) is 4.50. The fourth-order valence-electron chi connectivity index (χ4n) is 3.18. The van der Waals surface area contributed by atoms with Gasteiger partial charge in [-0.1, -0.05) is 66.7 Å².